The molecule has 0 saturated heterocycles. The molecule has 1 N–H and O–H groups in total. The van der Waals surface area contributed by atoms with Crippen molar-refractivity contribution in [3.8, 4) is 28.4 Å². The molecule has 7 heteroatoms. The Balaban J connectivity index is 1.99. The van der Waals surface area contributed by atoms with Crippen molar-refractivity contribution in [1.29, 1.82) is 0 Å². The molecule has 1 heterocycles. The van der Waals surface area contributed by atoms with Gasteiger partial charge in [-0.25, -0.2) is 4.79 Å². The van der Waals surface area contributed by atoms with Crippen molar-refractivity contribution in [3.05, 3.63) is 41.5 Å². The summed E-state index contributed by atoms with van der Waals surface area (Å²) in [5.41, 5.74) is 3.15. The van der Waals surface area contributed by atoms with E-state index in [9.17, 15) is 9.59 Å². The van der Waals surface area contributed by atoms with E-state index in [2.05, 4.69) is 5.32 Å². The summed E-state index contributed by atoms with van der Waals surface area (Å²) >= 11 is 0. The molecule has 2 aromatic carbocycles. The van der Waals surface area contributed by atoms with Gasteiger partial charge in [0.05, 0.1) is 19.8 Å². The lowest BCUT2D eigenvalue weighted by molar-refractivity contribution is -0.150. The predicted molar refractivity (Wildman–Crippen MR) is 112 cm³/mol. The van der Waals surface area contributed by atoms with Crippen LogP contribution in [0.25, 0.3) is 11.1 Å². The largest absolute Gasteiger partial charge is 0.493 e. The Morgan fingerprint density at radius 3 is 2.57 bits per heavy atom. The van der Waals surface area contributed by atoms with E-state index in [1.54, 1.807) is 19.2 Å². The molecule has 0 bridgehead atoms. The number of esters is 1. The van der Waals surface area contributed by atoms with E-state index < -0.39 is 5.97 Å². The molecule has 0 radical (unpaired) electrons. The van der Waals surface area contributed by atoms with Crippen molar-refractivity contribution in [2.24, 2.45) is 0 Å². The molecule has 7 nitrogen and oxygen atoms in total. The van der Waals surface area contributed by atoms with Crippen LogP contribution in [0.15, 0.2) is 30.3 Å². The summed E-state index contributed by atoms with van der Waals surface area (Å²) in [6, 6.07) is 9.23. The van der Waals surface area contributed by atoms with Crippen LogP contribution in [0, 0.1) is 0 Å². The highest BCUT2D eigenvalue weighted by molar-refractivity contribution is 5.99. The molecule has 1 amide bonds. The highest BCUT2D eigenvalue weighted by atomic mass is 16.6. The summed E-state index contributed by atoms with van der Waals surface area (Å²) in [7, 11) is 1.55. The normalized spacial score (nSPS) is 13.3. The van der Waals surface area contributed by atoms with Gasteiger partial charge in [0.2, 0.25) is 5.75 Å². The van der Waals surface area contributed by atoms with Gasteiger partial charge >= 0.3 is 5.97 Å². The van der Waals surface area contributed by atoms with E-state index in [-0.39, 0.29) is 18.6 Å². The van der Waals surface area contributed by atoms with Crippen LogP contribution in [0.1, 0.15) is 43.1 Å². The van der Waals surface area contributed by atoms with Crippen LogP contribution >= 0.6 is 0 Å². The molecular formula is C23H27NO6. The third-order valence-electron chi connectivity index (χ3n) is 4.93. The number of fused-ring (bicyclic) bond motifs is 1. The third kappa shape index (κ3) is 4.50. The van der Waals surface area contributed by atoms with Gasteiger partial charge in [-0.3, -0.25) is 4.79 Å². The number of rotatable bonds is 9. The topological polar surface area (TPSA) is 83.1 Å². The number of ether oxygens (including phenoxy) is 4. The van der Waals surface area contributed by atoms with Gasteiger partial charge < -0.3 is 24.3 Å². The van der Waals surface area contributed by atoms with Gasteiger partial charge in [-0.2, -0.15) is 0 Å². The summed E-state index contributed by atoms with van der Waals surface area (Å²) in [5, 5.41) is 2.82. The lowest BCUT2D eigenvalue weighted by Crippen LogP contribution is -2.20. The maximum absolute atomic E-state index is 12.2. The number of benzene rings is 2. The number of carbonyl (C=O) groups is 2. The lowest BCUT2D eigenvalue weighted by Gasteiger charge is -2.19. The van der Waals surface area contributed by atoms with Crippen LogP contribution in [0.2, 0.25) is 0 Å². The molecule has 30 heavy (non-hydrogen) atoms. The summed E-state index contributed by atoms with van der Waals surface area (Å²) < 4.78 is 22.4. The van der Waals surface area contributed by atoms with Gasteiger partial charge in [0.1, 0.15) is 0 Å². The quantitative estimate of drug-likeness (QED) is 0.631. The predicted octanol–water partition coefficient (Wildman–Crippen LogP) is 3.72. The number of carbonyl (C=O) groups excluding carboxylic acids is 2. The Labute approximate surface area is 176 Å². The minimum atomic E-state index is -0.454. The van der Waals surface area contributed by atoms with E-state index in [0.717, 1.165) is 23.1 Å². The second-order valence-electron chi connectivity index (χ2n) is 6.96. The van der Waals surface area contributed by atoms with Gasteiger partial charge in [-0.05, 0) is 55.7 Å². The van der Waals surface area contributed by atoms with E-state index in [1.807, 2.05) is 39.0 Å². The van der Waals surface area contributed by atoms with Crippen LogP contribution in [-0.2, 0) is 16.1 Å². The average Bonchev–Trinajstić information content (AvgIpc) is 3.12. The minimum Gasteiger partial charge on any atom is -0.493 e. The van der Waals surface area contributed by atoms with Gasteiger partial charge in [0.15, 0.2) is 18.1 Å². The molecule has 0 fully saturated rings. The number of amides is 1. The fourth-order valence-electron chi connectivity index (χ4n) is 3.23. The first-order valence-electron chi connectivity index (χ1n) is 10.1. The highest BCUT2D eigenvalue weighted by Crippen LogP contribution is 2.45. The van der Waals surface area contributed by atoms with Crippen LogP contribution in [-0.4, -0.2) is 38.3 Å². The Morgan fingerprint density at radius 2 is 1.87 bits per heavy atom. The Kier molecular flexibility index (Phi) is 6.82. The summed E-state index contributed by atoms with van der Waals surface area (Å²) in [4.78, 5) is 24.1. The van der Waals surface area contributed by atoms with Crippen LogP contribution in [0.3, 0.4) is 0 Å². The van der Waals surface area contributed by atoms with Gasteiger partial charge in [-0.15, -0.1) is 0 Å². The van der Waals surface area contributed by atoms with Crippen molar-refractivity contribution in [3.63, 3.8) is 0 Å². The molecule has 3 rings (SSSR count). The van der Waals surface area contributed by atoms with Crippen molar-refractivity contribution >= 4 is 11.9 Å². The highest BCUT2D eigenvalue weighted by Gasteiger charge is 2.23. The molecular weight excluding hydrogens is 386 g/mol. The zero-order valence-corrected chi connectivity index (χ0v) is 17.7. The number of nitrogens with one attached hydrogen (secondary N) is 1. The fourth-order valence-corrected chi connectivity index (χ4v) is 3.23. The first-order valence-corrected chi connectivity index (χ1v) is 10.1. The second kappa shape index (κ2) is 9.52. The van der Waals surface area contributed by atoms with Crippen molar-refractivity contribution in [1.82, 2.24) is 5.32 Å². The fraction of sp³-hybridized carbons (Fsp3) is 0.391. The molecule has 0 aliphatic carbocycles. The van der Waals surface area contributed by atoms with Crippen molar-refractivity contribution < 1.29 is 28.5 Å². The zero-order valence-electron chi connectivity index (χ0n) is 17.7. The SMILES string of the molecule is CCOc1c(OC)ccc(-c2ccc3c(c2)CNC3=O)c1OCC(=O)OC(C)CC. The molecule has 0 aromatic heterocycles. The van der Waals surface area contributed by atoms with Crippen LogP contribution in [0.4, 0.5) is 0 Å². The lowest BCUT2D eigenvalue weighted by atomic mass is 9.99. The maximum Gasteiger partial charge on any atom is 0.344 e. The monoisotopic (exact) mass is 413 g/mol. The van der Waals surface area contributed by atoms with Gasteiger partial charge in [-0.1, -0.05) is 13.0 Å². The summed E-state index contributed by atoms with van der Waals surface area (Å²) in [6.45, 7) is 6.26. The van der Waals surface area contributed by atoms with E-state index in [0.29, 0.717) is 36.0 Å². The molecule has 1 unspecified atom stereocenters. The first kappa shape index (κ1) is 21.5. The van der Waals surface area contributed by atoms with Crippen molar-refractivity contribution in [2.75, 3.05) is 20.3 Å². The van der Waals surface area contributed by atoms with Crippen LogP contribution < -0.4 is 19.5 Å². The molecule has 2 aromatic rings. The first-order chi connectivity index (χ1) is 14.5. The molecule has 1 aliphatic rings. The van der Waals surface area contributed by atoms with E-state index in [1.165, 1.54) is 0 Å². The molecule has 0 saturated carbocycles. The molecule has 1 atom stereocenters. The number of methoxy groups -OCH3 is 1. The summed E-state index contributed by atoms with van der Waals surface area (Å²) in [6.07, 6.45) is 0.543. The van der Waals surface area contributed by atoms with E-state index in [4.69, 9.17) is 18.9 Å². The second-order valence-corrected chi connectivity index (χ2v) is 6.96. The van der Waals surface area contributed by atoms with Crippen molar-refractivity contribution in [2.45, 2.75) is 39.8 Å². The summed E-state index contributed by atoms with van der Waals surface area (Å²) in [5.74, 6) is 0.789. The van der Waals surface area contributed by atoms with Gasteiger partial charge in [0.25, 0.3) is 5.91 Å². The Morgan fingerprint density at radius 1 is 1.10 bits per heavy atom. The average molecular weight is 413 g/mol. The number of hydrogen-bond acceptors (Lipinski definition) is 6. The zero-order chi connectivity index (χ0) is 21.7. The molecule has 160 valence electrons. The van der Waals surface area contributed by atoms with E-state index >= 15 is 0 Å². The smallest absolute Gasteiger partial charge is 0.344 e. The number of hydrogen-bond donors (Lipinski definition) is 1. The van der Waals surface area contributed by atoms with Crippen LogP contribution in [0.5, 0.6) is 17.2 Å². The third-order valence-corrected chi connectivity index (χ3v) is 4.93. The Bertz CT molecular complexity index is 940. The van der Waals surface area contributed by atoms with Gasteiger partial charge in [0, 0.05) is 17.7 Å². The standard InChI is InChI=1S/C23H27NO6/c1-5-14(3)30-20(25)13-29-21-17(9-10-19(27-4)22(21)28-6-2)15-7-8-18-16(11-15)12-24-23(18)26/h7-11,14H,5-6,12-13H2,1-4H3,(H,24,26). The minimum absolute atomic E-state index is 0.0782. The molecule has 1 aliphatic heterocycles. The Hall–Kier alpha value is -3.22. The molecule has 0 spiro atoms. The maximum atomic E-state index is 12.2.